The lowest BCUT2D eigenvalue weighted by molar-refractivity contribution is -0.119. The molecule has 0 radical (unpaired) electrons. The monoisotopic (exact) mass is 274 g/mol. The lowest BCUT2D eigenvalue weighted by Crippen LogP contribution is -2.31. The van der Waals surface area contributed by atoms with Gasteiger partial charge in [-0.05, 0) is 25.2 Å². The van der Waals surface area contributed by atoms with Crippen LogP contribution in [0.25, 0.3) is 5.78 Å². The van der Waals surface area contributed by atoms with E-state index < -0.39 is 0 Å². The van der Waals surface area contributed by atoms with Crippen LogP contribution in [0.2, 0.25) is 0 Å². The molecule has 0 spiro atoms. The summed E-state index contributed by atoms with van der Waals surface area (Å²) >= 11 is 0. The Labute approximate surface area is 116 Å². The van der Waals surface area contributed by atoms with Crippen molar-refractivity contribution in [3.63, 3.8) is 0 Å². The summed E-state index contributed by atoms with van der Waals surface area (Å²) in [5.41, 5.74) is 0.923. The molecule has 106 valence electrons. The Morgan fingerprint density at radius 1 is 1.50 bits per heavy atom. The summed E-state index contributed by atoms with van der Waals surface area (Å²) in [6, 6.07) is 1.90. The number of carbonyl (C=O) groups excluding carboxylic acids is 1. The van der Waals surface area contributed by atoms with Crippen LogP contribution in [0.5, 0.6) is 0 Å². The molecule has 0 saturated heterocycles. The van der Waals surface area contributed by atoms with Crippen LogP contribution in [0.1, 0.15) is 25.5 Å². The van der Waals surface area contributed by atoms with Gasteiger partial charge >= 0.3 is 0 Å². The summed E-state index contributed by atoms with van der Waals surface area (Å²) in [4.78, 5) is 20.2. The van der Waals surface area contributed by atoms with Crippen LogP contribution in [-0.2, 0) is 11.2 Å². The van der Waals surface area contributed by atoms with Crippen molar-refractivity contribution in [3.05, 3.63) is 18.1 Å². The van der Waals surface area contributed by atoms with Crippen molar-refractivity contribution in [2.75, 3.05) is 18.4 Å². The first-order chi connectivity index (χ1) is 9.76. The van der Waals surface area contributed by atoms with Crippen molar-refractivity contribution >= 4 is 17.5 Å². The van der Waals surface area contributed by atoms with E-state index in [2.05, 4.69) is 25.7 Å². The maximum absolute atomic E-state index is 11.7. The zero-order chi connectivity index (χ0) is 13.9. The Kier molecular flexibility index (Phi) is 3.49. The van der Waals surface area contributed by atoms with E-state index in [1.54, 1.807) is 4.52 Å². The number of nitrogens with zero attached hydrogens (tertiary/aromatic N) is 4. The second-order valence-electron chi connectivity index (χ2n) is 5.06. The third kappa shape index (κ3) is 2.87. The molecule has 0 bridgehead atoms. The van der Waals surface area contributed by atoms with Crippen molar-refractivity contribution in [2.45, 2.75) is 26.2 Å². The first kappa shape index (κ1) is 12.8. The molecule has 1 amide bonds. The Balaban J connectivity index is 1.66. The Morgan fingerprint density at radius 3 is 3.10 bits per heavy atom. The van der Waals surface area contributed by atoms with Crippen LogP contribution in [0, 0.1) is 5.92 Å². The van der Waals surface area contributed by atoms with Gasteiger partial charge in [0.15, 0.2) is 0 Å². The highest BCUT2D eigenvalue weighted by Gasteiger charge is 2.21. The standard InChI is InChI=1S/C13H18N6O/c1-2-10-5-11(19-13(18-10)16-8-17-19)14-7-12(20)15-6-9-3-4-9/h5,8-9,14H,2-4,6-7H2,1H3,(H,15,20). The van der Waals surface area contributed by atoms with Crippen molar-refractivity contribution in [1.82, 2.24) is 24.9 Å². The molecule has 7 heteroatoms. The van der Waals surface area contributed by atoms with Crippen molar-refractivity contribution in [1.29, 1.82) is 0 Å². The number of rotatable bonds is 6. The molecule has 2 N–H and O–H groups in total. The SMILES string of the molecule is CCc1cc(NCC(=O)NCC2CC2)n2ncnc2n1. The number of aryl methyl sites for hydroxylation is 1. The summed E-state index contributed by atoms with van der Waals surface area (Å²) in [6.07, 6.45) is 4.74. The first-order valence-electron chi connectivity index (χ1n) is 6.96. The quantitative estimate of drug-likeness (QED) is 0.807. The fraction of sp³-hybridized carbons (Fsp3) is 0.538. The number of hydrogen-bond acceptors (Lipinski definition) is 5. The fourth-order valence-corrected chi connectivity index (χ4v) is 1.98. The minimum atomic E-state index is 0.0000241. The van der Waals surface area contributed by atoms with Crippen LogP contribution in [-0.4, -0.2) is 38.6 Å². The second kappa shape index (κ2) is 5.44. The van der Waals surface area contributed by atoms with E-state index >= 15 is 0 Å². The summed E-state index contributed by atoms with van der Waals surface area (Å²) in [5.74, 6) is 1.98. The van der Waals surface area contributed by atoms with E-state index in [9.17, 15) is 4.79 Å². The van der Waals surface area contributed by atoms with E-state index in [0.29, 0.717) is 11.7 Å². The molecule has 1 aliphatic rings. The molecule has 0 aromatic carbocycles. The van der Waals surface area contributed by atoms with Crippen LogP contribution in [0.4, 0.5) is 5.82 Å². The average molecular weight is 274 g/mol. The van der Waals surface area contributed by atoms with E-state index in [-0.39, 0.29) is 12.5 Å². The fourth-order valence-electron chi connectivity index (χ4n) is 1.98. The van der Waals surface area contributed by atoms with Crippen molar-refractivity contribution < 1.29 is 4.79 Å². The summed E-state index contributed by atoms with van der Waals surface area (Å²) in [6.45, 7) is 3.05. The van der Waals surface area contributed by atoms with Gasteiger partial charge in [-0.1, -0.05) is 6.92 Å². The van der Waals surface area contributed by atoms with E-state index in [1.165, 1.54) is 19.2 Å². The van der Waals surface area contributed by atoms with Crippen LogP contribution >= 0.6 is 0 Å². The number of carbonyl (C=O) groups is 1. The normalized spacial score (nSPS) is 14.4. The summed E-state index contributed by atoms with van der Waals surface area (Å²) in [7, 11) is 0. The Bertz CT molecular complexity index is 618. The lowest BCUT2D eigenvalue weighted by atomic mass is 10.3. The predicted molar refractivity (Wildman–Crippen MR) is 74.4 cm³/mol. The lowest BCUT2D eigenvalue weighted by Gasteiger charge is -2.09. The molecular formula is C13H18N6O. The van der Waals surface area contributed by atoms with E-state index in [0.717, 1.165) is 24.5 Å². The number of hydrogen-bond donors (Lipinski definition) is 2. The molecule has 2 heterocycles. The van der Waals surface area contributed by atoms with Gasteiger partial charge in [0.2, 0.25) is 5.91 Å². The molecule has 20 heavy (non-hydrogen) atoms. The summed E-state index contributed by atoms with van der Waals surface area (Å²) < 4.78 is 1.60. The maximum Gasteiger partial charge on any atom is 0.254 e. The maximum atomic E-state index is 11.7. The molecule has 7 nitrogen and oxygen atoms in total. The third-order valence-electron chi connectivity index (χ3n) is 3.38. The number of fused-ring (bicyclic) bond motifs is 1. The number of amides is 1. The van der Waals surface area contributed by atoms with Gasteiger partial charge in [0.05, 0.1) is 6.54 Å². The van der Waals surface area contributed by atoms with Crippen LogP contribution < -0.4 is 10.6 Å². The van der Waals surface area contributed by atoms with Crippen molar-refractivity contribution in [2.24, 2.45) is 5.92 Å². The highest BCUT2D eigenvalue weighted by Crippen LogP contribution is 2.27. The average Bonchev–Trinajstić information content (AvgIpc) is 3.17. The van der Waals surface area contributed by atoms with Gasteiger partial charge in [-0.2, -0.15) is 14.6 Å². The Morgan fingerprint density at radius 2 is 2.35 bits per heavy atom. The topological polar surface area (TPSA) is 84.2 Å². The second-order valence-corrected chi connectivity index (χ2v) is 5.06. The van der Waals surface area contributed by atoms with Gasteiger partial charge in [0.25, 0.3) is 5.78 Å². The van der Waals surface area contributed by atoms with Gasteiger partial charge in [0.1, 0.15) is 12.1 Å². The van der Waals surface area contributed by atoms with E-state index in [4.69, 9.17) is 0 Å². The largest absolute Gasteiger partial charge is 0.361 e. The molecule has 0 aliphatic heterocycles. The molecule has 1 saturated carbocycles. The zero-order valence-corrected chi connectivity index (χ0v) is 11.5. The van der Waals surface area contributed by atoms with Gasteiger partial charge in [-0.15, -0.1) is 0 Å². The first-order valence-corrected chi connectivity index (χ1v) is 6.96. The molecule has 2 aromatic heterocycles. The minimum absolute atomic E-state index is 0.0000241. The molecule has 0 atom stereocenters. The van der Waals surface area contributed by atoms with Crippen LogP contribution in [0.3, 0.4) is 0 Å². The number of aromatic nitrogens is 4. The predicted octanol–water partition coefficient (Wildman–Crippen LogP) is 0.625. The molecule has 1 fully saturated rings. The van der Waals surface area contributed by atoms with E-state index in [1.807, 2.05) is 13.0 Å². The highest BCUT2D eigenvalue weighted by atomic mass is 16.1. The van der Waals surface area contributed by atoms with Gasteiger partial charge in [0, 0.05) is 18.3 Å². The zero-order valence-electron chi connectivity index (χ0n) is 11.5. The smallest absolute Gasteiger partial charge is 0.254 e. The molecule has 2 aromatic rings. The highest BCUT2D eigenvalue weighted by molar-refractivity contribution is 5.80. The molecular weight excluding hydrogens is 256 g/mol. The number of nitrogens with one attached hydrogen (secondary N) is 2. The summed E-state index contributed by atoms with van der Waals surface area (Å²) in [5, 5.41) is 10.1. The van der Waals surface area contributed by atoms with Gasteiger partial charge in [-0.25, -0.2) is 4.98 Å². The Hall–Kier alpha value is -2.18. The molecule has 1 aliphatic carbocycles. The van der Waals surface area contributed by atoms with Crippen LogP contribution in [0.15, 0.2) is 12.4 Å². The number of anilines is 1. The van der Waals surface area contributed by atoms with Gasteiger partial charge < -0.3 is 10.6 Å². The third-order valence-corrected chi connectivity index (χ3v) is 3.38. The minimum Gasteiger partial charge on any atom is -0.361 e. The van der Waals surface area contributed by atoms with Crippen molar-refractivity contribution in [3.8, 4) is 0 Å². The molecule has 0 unspecified atom stereocenters. The van der Waals surface area contributed by atoms with Gasteiger partial charge in [-0.3, -0.25) is 4.79 Å². The molecule has 3 rings (SSSR count).